The van der Waals surface area contributed by atoms with Crippen LogP contribution >= 0.6 is 0 Å². The summed E-state index contributed by atoms with van der Waals surface area (Å²) < 4.78 is 81.0. The van der Waals surface area contributed by atoms with Gasteiger partial charge in [0.25, 0.3) is 5.91 Å². The summed E-state index contributed by atoms with van der Waals surface area (Å²) in [5.74, 6) is -3.85. The molecule has 0 atom stereocenters. The van der Waals surface area contributed by atoms with Crippen molar-refractivity contribution in [3.63, 3.8) is 0 Å². The lowest BCUT2D eigenvalue weighted by Crippen LogP contribution is -2.39. The van der Waals surface area contributed by atoms with Crippen LogP contribution < -0.4 is 19.1 Å². The van der Waals surface area contributed by atoms with Crippen molar-refractivity contribution in [3.8, 4) is 5.75 Å². The van der Waals surface area contributed by atoms with Crippen molar-refractivity contribution in [2.45, 2.75) is 18.7 Å². The van der Waals surface area contributed by atoms with Crippen molar-refractivity contribution >= 4 is 38.5 Å². The third kappa shape index (κ3) is 5.81. The Morgan fingerprint density at radius 2 is 1.76 bits per heavy atom. The number of halogens is 4. The number of hydrogen-bond donors (Lipinski definition) is 3. The Morgan fingerprint density at radius 1 is 1.11 bits per heavy atom. The highest BCUT2D eigenvalue weighted by Crippen LogP contribution is 2.40. The summed E-state index contributed by atoms with van der Waals surface area (Å²) in [6.45, 7) is 1.26. The number of ether oxygens (including phenoxy) is 1. The summed E-state index contributed by atoms with van der Waals surface area (Å²) in [7, 11) is -4.20. The van der Waals surface area contributed by atoms with Crippen LogP contribution in [0, 0.1) is 5.82 Å². The molecule has 2 aliphatic heterocycles. The highest BCUT2D eigenvalue weighted by Gasteiger charge is 2.39. The van der Waals surface area contributed by atoms with E-state index in [1.54, 1.807) is 12.1 Å². The maximum absolute atomic E-state index is 15.8. The second-order valence-corrected chi connectivity index (χ2v) is 10.1. The van der Waals surface area contributed by atoms with Crippen LogP contribution in [-0.4, -0.2) is 51.2 Å². The SMILES string of the molecule is O=C(O)C(F)(F)F.O=C1CN(c2c(OCc3ccccc3)cc3ccc(C4CNC4)cc3c2F)S(=O)(=O)N1. The Balaban J connectivity index is 0.000000426. The van der Waals surface area contributed by atoms with Crippen molar-refractivity contribution in [3.05, 3.63) is 71.5 Å². The number of carboxylic acid groups (broad SMARTS) is 1. The Kier molecular flexibility index (Phi) is 7.47. The maximum Gasteiger partial charge on any atom is 0.490 e. The van der Waals surface area contributed by atoms with E-state index >= 15 is 4.39 Å². The highest BCUT2D eigenvalue weighted by molar-refractivity contribution is 7.92. The zero-order valence-corrected chi connectivity index (χ0v) is 20.3. The number of anilines is 1. The fourth-order valence-corrected chi connectivity index (χ4v) is 5.00. The summed E-state index contributed by atoms with van der Waals surface area (Å²) in [6.07, 6.45) is -5.08. The normalized spacial score (nSPS) is 16.8. The number of rotatable bonds is 5. The molecule has 2 saturated heterocycles. The van der Waals surface area contributed by atoms with Gasteiger partial charge in [-0.25, -0.2) is 18.2 Å². The van der Waals surface area contributed by atoms with Crippen LogP contribution in [0.4, 0.5) is 23.2 Å². The number of hydrogen-bond acceptors (Lipinski definition) is 6. The van der Waals surface area contributed by atoms with Gasteiger partial charge >= 0.3 is 22.4 Å². The van der Waals surface area contributed by atoms with Gasteiger partial charge in [-0.05, 0) is 28.6 Å². The molecule has 14 heteroatoms. The average Bonchev–Trinajstić information content (AvgIpc) is 3.08. The first-order valence-electron chi connectivity index (χ1n) is 11.1. The van der Waals surface area contributed by atoms with E-state index < -0.39 is 40.6 Å². The van der Waals surface area contributed by atoms with Crippen molar-refractivity contribution in [2.75, 3.05) is 23.9 Å². The lowest BCUT2D eigenvalue weighted by Gasteiger charge is -2.28. The predicted molar refractivity (Wildman–Crippen MR) is 128 cm³/mol. The molecule has 3 N–H and O–H groups in total. The molecule has 0 spiro atoms. The molecule has 2 heterocycles. The summed E-state index contributed by atoms with van der Waals surface area (Å²) in [5.41, 5.74) is 1.57. The van der Waals surface area contributed by atoms with Crippen molar-refractivity contribution in [1.82, 2.24) is 10.0 Å². The number of nitrogens with zero attached hydrogens (tertiary/aromatic N) is 1. The Bertz CT molecular complexity index is 1480. The molecule has 0 aromatic heterocycles. The molecule has 0 unspecified atom stereocenters. The summed E-state index contributed by atoms with van der Waals surface area (Å²) in [6, 6.07) is 16.4. The van der Waals surface area contributed by atoms with Crippen LogP contribution in [0.1, 0.15) is 17.0 Å². The molecule has 202 valence electrons. The first-order valence-corrected chi connectivity index (χ1v) is 12.6. The number of alkyl halides is 3. The van der Waals surface area contributed by atoms with Gasteiger partial charge in [-0.3, -0.25) is 4.79 Å². The van der Waals surface area contributed by atoms with Gasteiger partial charge in [-0.1, -0.05) is 42.5 Å². The number of fused-ring (bicyclic) bond motifs is 1. The quantitative estimate of drug-likeness (QED) is 0.414. The van der Waals surface area contributed by atoms with Crippen LogP contribution in [0.15, 0.2) is 54.6 Å². The second kappa shape index (κ2) is 10.5. The van der Waals surface area contributed by atoms with Crippen molar-refractivity contribution in [2.24, 2.45) is 0 Å². The number of aliphatic carboxylic acids is 1. The summed E-state index contributed by atoms with van der Waals surface area (Å²) in [5, 5.41) is 11.2. The van der Waals surface area contributed by atoms with Gasteiger partial charge in [-0.2, -0.15) is 21.6 Å². The van der Waals surface area contributed by atoms with Gasteiger partial charge in [0.1, 0.15) is 24.6 Å². The molecular formula is C24H21F4N3O6S. The summed E-state index contributed by atoms with van der Waals surface area (Å²) >= 11 is 0. The minimum Gasteiger partial charge on any atom is -0.487 e. The first-order chi connectivity index (χ1) is 17.9. The van der Waals surface area contributed by atoms with E-state index in [9.17, 15) is 26.4 Å². The fourth-order valence-electron chi connectivity index (χ4n) is 3.84. The van der Waals surface area contributed by atoms with Crippen LogP contribution in [0.25, 0.3) is 10.8 Å². The van der Waals surface area contributed by atoms with Gasteiger partial charge in [0.2, 0.25) is 0 Å². The van der Waals surface area contributed by atoms with Gasteiger partial charge in [0.15, 0.2) is 5.82 Å². The lowest BCUT2D eigenvalue weighted by molar-refractivity contribution is -0.192. The van der Waals surface area contributed by atoms with E-state index in [2.05, 4.69) is 5.32 Å². The molecule has 38 heavy (non-hydrogen) atoms. The number of nitrogens with one attached hydrogen (secondary N) is 2. The third-order valence-corrected chi connectivity index (χ3v) is 7.22. The Labute approximate surface area is 214 Å². The standard InChI is InChI=1S/C22H20FN3O4S.C2HF3O2/c23-21-18-8-15(17-10-24-11-17)6-7-16(18)9-19(30-13-14-4-2-1-3-5-14)22(21)26-12-20(27)25-31(26,28)29;3-2(4,5)1(6)7/h1-9,17,24H,10-13H2,(H,25,27);(H,6,7). The van der Waals surface area contributed by atoms with E-state index in [1.807, 2.05) is 47.2 Å². The Hall–Kier alpha value is -3.91. The van der Waals surface area contributed by atoms with E-state index in [0.29, 0.717) is 16.7 Å². The molecule has 3 aromatic rings. The van der Waals surface area contributed by atoms with Crippen LogP contribution in [-0.2, 0) is 26.4 Å². The number of benzene rings is 3. The molecule has 0 radical (unpaired) electrons. The first kappa shape index (κ1) is 27.1. The zero-order valence-electron chi connectivity index (χ0n) is 19.5. The molecule has 2 aliphatic rings. The van der Waals surface area contributed by atoms with E-state index in [4.69, 9.17) is 14.6 Å². The molecule has 2 fully saturated rings. The van der Waals surface area contributed by atoms with E-state index in [0.717, 1.165) is 28.5 Å². The van der Waals surface area contributed by atoms with Crippen LogP contribution in [0.2, 0.25) is 0 Å². The maximum atomic E-state index is 15.8. The highest BCUT2D eigenvalue weighted by atomic mass is 32.2. The van der Waals surface area contributed by atoms with Crippen molar-refractivity contribution < 1.29 is 45.4 Å². The minimum absolute atomic E-state index is 0.0620. The molecule has 0 bridgehead atoms. The molecular weight excluding hydrogens is 534 g/mol. The smallest absolute Gasteiger partial charge is 0.487 e. The lowest BCUT2D eigenvalue weighted by atomic mass is 9.91. The predicted octanol–water partition coefficient (Wildman–Crippen LogP) is 3.06. The topological polar surface area (TPSA) is 125 Å². The van der Waals surface area contributed by atoms with E-state index in [-0.39, 0.29) is 18.0 Å². The van der Waals surface area contributed by atoms with Gasteiger partial charge < -0.3 is 15.2 Å². The fraction of sp³-hybridized carbons (Fsp3) is 0.250. The molecule has 5 rings (SSSR count). The van der Waals surface area contributed by atoms with Gasteiger partial charge in [0.05, 0.1) is 0 Å². The number of carbonyl (C=O) groups is 2. The molecule has 9 nitrogen and oxygen atoms in total. The average molecular weight is 556 g/mol. The Morgan fingerprint density at radius 3 is 2.29 bits per heavy atom. The number of carbonyl (C=O) groups excluding carboxylic acids is 1. The molecule has 0 aliphatic carbocycles. The van der Waals surface area contributed by atoms with Gasteiger partial charge in [0, 0.05) is 24.4 Å². The van der Waals surface area contributed by atoms with Crippen LogP contribution in [0.5, 0.6) is 5.75 Å². The zero-order chi connectivity index (χ0) is 27.7. The van der Waals surface area contributed by atoms with Gasteiger partial charge in [-0.15, -0.1) is 0 Å². The molecule has 3 aromatic carbocycles. The number of carboxylic acids is 1. The largest absolute Gasteiger partial charge is 0.490 e. The molecule has 0 saturated carbocycles. The minimum atomic E-state index is -5.08. The second-order valence-electron chi connectivity index (χ2n) is 8.49. The number of amides is 1. The van der Waals surface area contributed by atoms with Crippen LogP contribution in [0.3, 0.4) is 0 Å². The summed E-state index contributed by atoms with van der Waals surface area (Å²) in [4.78, 5) is 20.7. The molecule has 1 amide bonds. The van der Waals surface area contributed by atoms with E-state index in [1.165, 1.54) is 0 Å². The third-order valence-electron chi connectivity index (χ3n) is 5.84. The monoisotopic (exact) mass is 555 g/mol. The van der Waals surface area contributed by atoms with Crippen molar-refractivity contribution in [1.29, 1.82) is 0 Å².